The van der Waals surface area contributed by atoms with Crippen molar-refractivity contribution in [3.63, 3.8) is 0 Å². The molecule has 0 spiro atoms. The fraction of sp³-hybridized carbons (Fsp3) is 0.188. The predicted octanol–water partition coefficient (Wildman–Crippen LogP) is 2.86. The van der Waals surface area contributed by atoms with Crippen LogP contribution in [-0.4, -0.2) is 23.8 Å². The molecule has 5 heteroatoms. The van der Waals surface area contributed by atoms with Gasteiger partial charge in [-0.05, 0) is 36.1 Å². The molecule has 1 aromatic carbocycles. The average Bonchev–Trinajstić information content (AvgIpc) is 3.04. The number of hydrogen-bond donors (Lipinski definition) is 2. The molecule has 2 rings (SSSR count). The summed E-state index contributed by atoms with van der Waals surface area (Å²) in [4.78, 5) is 12.8. The summed E-state index contributed by atoms with van der Waals surface area (Å²) in [5, 5.41) is 12.7. The number of aliphatic hydroxyl groups excluding tert-OH is 1. The lowest BCUT2D eigenvalue weighted by molar-refractivity contribution is -0.116. The zero-order valence-corrected chi connectivity index (χ0v) is 12.5. The predicted molar refractivity (Wildman–Crippen MR) is 83.9 cm³/mol. The van der Waals surface area contributed by atoms with Crippen LogP contribution in [0.15, 0.2) is 58.2 Å². The second kappa shape index (κ2) is 7.71. The summed E-state index contributed by atoms with van der Waals surface area (Å²) in [6.07, 6.45) is 7.43. The zero-order valence-electron chi connectivity index (χ0n) is 11.7. The number of furan rings is 1. The van der Waals surface area contributed by atoms with Gasteiger partial charge in [-0.15, -0.1) is 11.8 Å². The molecule has 0 saturated heterocycles. The quantitative estimate of drug-likeness (QED) is 0.636. The summed E-state index contributed by atoms with van der Waals surface area (Å²) in [7, 11) is 0. The second-order valence-corrected chi connectivity index (χ2v) is 5.30. The van der Waals surface area contributed by atoms with Crippen molar-refractivity contribution >= 4 is 23.7 Å². The van der Waals surface area contributed by atoms with E-state index in [1.54, 1.807) is 36.4 Å². The highest BCUT2D eigenvalue weighted by atomic mass is 32.2. The Morgan fingerprint density at radius 3 is 2.76 bits per heavy atom. The van der Waals surface area contributed by atoms with Crippen molar-refractivity contribution < 1.29 is 14.3 Å². The van der Waals surface area contributed by atoms with Crippen molar-refractivity contribution in [1.29, 1.82) is 0 Å². The molecule has 0 aliphatic heterocycles. The van der Waals surface area contributed by atoms with E-state index < -0.39 is 6.10 Å². The Labute approximate surface area is 127 Å². The number of carbonyl (C=O) groups excluding carboxylic acids is 1. The van der Waals surface area contributed by atoms with Crippen LogP contribution in [-0.2, 0) is 4.79 Å². The maximum atomic E-state index is 11.6. The van der Waals surface area contributed by atoms with Crippen LogP contribution in [0.25, 0.3) is 6.08 Å². The first-order valence-electron chi connectivity index (χ1n) is 6.49. The molecule has 0 aliphatic carbocycles. The van der Waals surface area contributed by atoms with Crippen molar-refractivity contribution in [1.82, 2.24) is 5.32 Å². The highest BCUT2D eigenvalue weighted by Gasteiger charge is 2.08. The van der Waals surface area contributed by atoms with E-state index >= 15 is 0 Å². The van der Waals surface area contributed by atoms with Gasteiger partial charge in [-0.1, -0.05) is 12.1 Å². The highest BCUT2D eigenvalue weighted by molar-refractivity contribution is 7.98. The number of benzene rings is 1. The number of hydrogen-bond acceptors (Lipinski definition) is 4. The highest BCUT2D eigenvalue weighted by Crippen LogP contribution is 2.18. The summed E-state index contributed by atoms with van der Waals surface area (Å²) in [6, 6.07) is 9.38. The van der Waals surface area contributed by atoms with E-state index in [-0.39, 0.29) is 12.5 Å². The Hall–Kier alpha value is -1.98. The molecule has 0 aliphatic rings. The van der Waals surface area contributed by atoms with Gasteiger partial charge in [0.2, 0.25) is 5.91 Å². The lowest BCUT2D eigenvalue weighted by Gasteiger charge is -2.11. The fourth-order valence-corrected chi connectivity index (χ4v) is 2.15. The number of rotatable bonds is 6. The first-order chi connectivity index (χ1) is 10.2. The zero-order chi connectivity index (χ0) is 15.1. The van der Waals surface area contributed by atoms with Crippen LogP contribution in [0, 0.1) is 0 Å². The summed E-state index contributed by atoms with van der Waals surface area (Å²) < 4.78 is 4.90. The van der Waals surface area contributed by atoms with E-state index in [0.717, 1.165) is 16.0 Å². The Morgan fingerprint density at radius 1 is 1.38 bits per heavy atom. The molecule has 1 atom stereocenters. The number of nitrogens with one attached hydrogen (secondary N) is 1. The van der Waals surface area contributed by atoms with Gasteiger partial charge < -0.3 is 14.8 Å². The van der Waals surface area contributed by atoms with Gasteiger partial charge in [-0.25, -0.2) is 0 Å². The van der Waals surface area contributed by atoms with E-state index in [4.69, 9.17) is 4.42 Å². The molecule has 0 unspecified atom stereocenters. The van der Waals surface area contributed by atoms with Crippen molar-refractivity contribution in [3.05, 3.63) is 60.1 Å². The monoisotopic (exact) mass is 303 g/mol. The minimum atomic E-state index is -0.716. The van der Waals surface area contributed by atoms with Crippen molar-refractivity contribution in [2.24, 2.45) is 0 Å². The maximum Gasteiger partial charge on any atom is 0.244 e. The molecule has 1 heterocycles. The van der Waals surface area contributed by atoms with Crippen LogP contribution in [0.5, 0.6) is 0 Å². The molecule has 2 aromatic rings. The summed E-state index contributed by atoms with van der Waals surface area (Å²) in [6.45, 7) is 0.174. The number of aliphatic hydroxyl groups is 1. The third-order valence-corrected chi connectivity index (χ3v) is 3.68. The van der Waals surface area contributed by atoms with Gasteiger partial charge in [0, 0.05) is 23.1 Å². The normalized spacial score (nSPS) is 12.5. The molecule has 0 bridgehead atoms. The largest absolute Gasteiger partial charge is 0.472 e. The van der Waals surface area contributed by atoms with Crippen LogP contribution in [0.2, 0.25) is 0 Å². The van der Waals surface area contributed by atoms with Crippen LogP contribution in [0.3, 0.4) is 0 Å². The molecular formula is C16H17NO3S. The van der Waals surface area contributed by atoms with Gasteiger partial charge in [0.25, 0.3) is 0 Å². The molecule has 2 N–H and O–H groups in total. The Kier molecular flexibility index (Phi) is 5.66. The van der Waals surface area contributed by atoms with Crippen LogP contribution < -0.4 is 5.32 Å². The third kappa shape index (κ3) is 4.81. The lowest BCUT2D eigenvalue weighted by Crippen LogP contribution is -2.26. The molecule has 110 valence electrons. The van der Waals surface area contributed by atoms with Crippen molar-refractivity contribution in [2.75, 3.05) is 12.8 Å². The number of thioether (sulfide) groups is 1. The standard InChI is InChI=1S/C16H17NO3S/c1-21-14-5-3-13(4-6-14)15(18)10-17-16(19)7-2-12-8-9-20-11-12/h2-9,11,15,18H,10H2,1H3,(H,17,19)/b7-2+/t15-/m1/s1. The molecule has 0 fully saturated rings. The second-order valence-electron chi connectivity index (χ2n) is 4.42. The Balaban J connectivity index is 1.82. The smallest absolute Gasteiger partial charge is 0.244 e. The van der Waals surface area contributed by atoms with Gasteiger partial charge in [0.15, 0.2) is 0 Å². The SMILES string of the molecule is CSc1ccc([C@H](O)CNC(=O)/C=C/c2ccoc2)cc1. The number of amides is 1. The van der Waals surface area contributed by atoms with Gasteiger partial charge in [-0.3, -0.25) is 4.79 Å². The molecule has 0 saturated carbocycles. The fourth-order valence-electron chi connectivity index (χ4n) is 1.74. The summed E-state index contributed by atoms with van der Waals surface area (Å²) in [5.74, 6) is -0.254. The van der Waals surface area contributed by atoms with Crippen molar-refractivity contribution in [2.45, 2.75) is 11.0 Å². The van der Waals surface area contributed by atoms with Crippen molar-refractivity contribution in [3.8, 4) is 0 Å². The molecule has 1 amide bonds. The molecule has 0 radical (unpaired) electrons. The molecule has 1 aromatic heterocycles. The summed E-state index contributed by atoms with van der Waals surface area (Å²) >= 11 is 1.64. The van der Waals surface area contributed by atoms with Crippen LogP contribution >= 0.6 is 11.8 Å². The topological polar surface area (TPSA) is 62.5 Å². The molecule has 21 heavy (non-hydrogen) atoms. The maximum absolute atomic E-state index is 11.6. The van der Waals surface area contributed by atoms with Crippen LogP contribution in [0.1, 0.15) is 17.2 Å². The van der Waals surface area contributed by atoms with E-state index in [2.05, 4.69) is 5.32 Å². The van der Waals surface area contributed by atoms with E-state index in [0.29, 0.717) is 0 Å². The van der Waals surface area contributed by atoms with Crippen LogP contribution in [0.4, 0.5) is 0 Å². The van der Waals surface area contributed by atoms with E-state index in [1.165, 1.54) is 6.08 Å². The van der Waals surface area contributed by atoms with E-state index in [9.17, 15) is 9.90 Å². The van der Waals surface area contributed by atoms with Gasteiger partial charge >= 0.3 is 0 Å². The first-order valence-corrected chi connectivity index (χ1v) is 7.71. The minimum absolute atomic E-state index is 0.174. The van der Waals surface area contributed by atoms with Gasteiger partial charge in [-0.2, -0.15) is 0 Å². The minimum Gasteiger partial charge on any atom is -0.472 e. The first kappa shape index (κ1) is 15.4. The van der Waals surface area contributed by atoms with Gasteiger partial charge in [0.05, 0.1) is 18.6 Å². The molecular weight excluding hydrogens is 286 g/mol. The number of carbonyl (C=O) groups is 1. The molecule has 4 nitrogen and oxygen atoms in total. The summed E-state index contributed by atoms with van der Waals surface area (Å²) in [5.41, 5.74) is 1.60. The average molecular weight is 303 g/mol. The van der Waals surface area contributed by atoms with E-state index in [1.807, 2.05) is 30.5 Å². The lowest BCUT2D eigenvalue weighted by atomic mass is 10.1. The Morgan fingerprint density at radius 2 is 2.14 bits per heavy atom. The third-order valence-electron chi connectivity index (χ3n) is 2.94. The Bertz CT molecular complexity index is 590. The van der Waals surface area contributed by atoms with Gasteiger partial charge in [0.1, 0.15) is 0 Å².